The maximum absolute atomic E-state index is 12.5. The minimum atomic E-state index is -3.37. The Hall–Kier alpha value is -1.82. The highest BCUT2D eigenvalue weighted by molar-refractivity contribution is 7.92. The Bertz CT molecular complexity index is 668. The van der Waals surface area contributed by atoms with Crippen molar-refractivity contribution in [3.8, 4) is 0 Å². The number of sulfonamides is 1. The molecule has 1 fully saturated rings. The van der Waals surface area contributed by atoms with Gasteiger partial charge in [-0.25, -0.2) is 8.42 Å². The Morgan fingerprint density at radius 3 is 2.57 bits per heavy atom. The van der Waals surface area contributed by atoms with Crippen LogP contribution in [0.5, 0.6) is 0 Å². The summed E-state index contributed by atoms with van der Waals surface area (Å²) in [4.78, 5) is 14.4. The highest BCUT2D eigenvalue weighted by atomic mass is 32.2. The lowest BCUT2D eigenvalue weighted by molar-refractivity contribution is 0.0683. The minimum Gasteiger partial charge on any atom is -0.338 e. The second-order valence-electron chi connectivity index (χ2n) is 6.13. The number of rotatable bonds is 5. The predicted octanol–water partition coefficient (Wildman–Crippen LogP) is 2.51. The topological polar surface area (TPSA) is 57.7 Å². The fourth-order valence-corrected chi connectivity index (χ4v) is 3.76. The van der Waals surface area contributed by atoms with E-state index in [1.165, 1.54) is 10.4 Å². The first-order valence-corrected chi connectivity index (χ1v) is 9.65. The molecule has 2 rings (SSSR count). The number of carbonyl (C=O) groups is 1. The van der Waals surface area contributed by atoms with Crippen LogP contribution >= 0.6 is 0 Å². The van der Waals surface area contributed by atoms with Crippen LogP contribution in [0.1, 0.15) is 30.1 Å². The average Bonchev–Trinajstić information content (AvgIpc) is 2.51. The van der Waals surface area contributed by atoms with Gasteiger partial charge in [-0.1, -0.05) is 13.0 Å². The Morgan fingerprint density at radius 1 is 1.39 bits per heavy atom. The normalized spacial score (nSPS) is 18.5. The molecular formula is C17H24N2O3S. The van der Waals surface area contributed by atoms with Crippen LogP contribution in [0.4, 0.5) is 5.69 Å². The molecule has 1 saturated heterocycles. The molecule has 1 aliphatic rings. The maximum atomic E-state index is 12.5. The van der Waals surface area contributed by atoms with Crippen LogP contribution in [-0.4, -0.2) is 45.1 Å². The van der Waals surface area contributed by atoms with Crippen molar-refractivity contribution in [3.05, 3.63) is 42.5 Å². The number of anilines is 1. The molecule has 0 aromatic heterocycles. The number of piperidine rings is 1. The summed E-state index contributed by atoms with van der Waals surface area (Å²) in [7, 11) is -3.37. The molecule has 1 aromatic carbocycles. The van der Waals surface area contributed by atoms with Crippen LogP contribution in [-0.2, 0) is 10.0 Å². The number of carbonyl (C=O) groups excluding carboxylic acids is 1. The van der Waals surface area contributed by atoms with Gasteiger partial charge in [0, 0.05) is 18.7 Å². The summed E-state index contributed by atoms with van der Waals surface area (Å²) in [6, 6.07) is 6.73. The molecule has 0 N–H and O–H groups in total. The molecule has 5 nitrogen and oxygen atoms in total. The number of hydrogen-bond acceptors (Lipinski definition) is 3. The van der Waals surface area contributed by atoms with Crippen molar-refractivity contribution in [1.29, 1.82) is 0 Å². The van der Waals surface area contributed by atoms with Gasteiger partial charge in [-0.15, -0.1) is 6.58 Å². The van der Waals surface area contributed by atoms with Crippen LogP contribution in [0.2, 0.25) is 0 Å². The van der Waals surface area contributed by atoms with Gasteiger partial charge in [-0.05, 0) is 43.0 Å². The highest BCUT2D eigenvalue weighted by Crippen LogP contribution is 2.21. The van der Waals surface area contributed by atoms with E-state index in [9.17, 15) is 13.2 Å². The second kappa shape index (κ2) is 7.17. The van der Waals surface area contributed by atoms with Crippen LogP contribution in [0.15, 0.2) is 36.9 Å². The van der Waals surface area contributed by atoms with E-state index < -0.39 is 10.0 Å². The van der Waals surface area contributed by atoms with Gasteiger partial charge in [-0.3, -0.25) is 9.10 Å². The smallest absolute Gasteiger partial charge is 0.253 e. The predicted molar refractivity (Wildman–Crippen MR) is 93.1 cm³/mol. The van der Waals surface area contributed by atoms with Crippen molar-refractivity contribution in [2.75, 3.05) is 30.2 Å². The monoisotopic (exact) mass is 336 g/mol. The summed E-state index contributed by atoms with van der Waals surface area (Å²) in [5.41, 5.74) is 1.13. The zero-order valence-corrected chi connectivity index (χ0v) is 14.6. The molecule has 0 radical (unpaired) electrons. The minimum absolute atomic E-state index is 0.0118. The van der Waals surface area contributed by atoms with Crippen LogP contribution in [0, 0.1) is 5.92 Å². The molecule has 23 heavy (non-hydrogen) atoms. The summed E-state index contributed by atoms with van der Waals surface area (Å²) in [6.07, 6.45) is 4.89. The highest BCUT2D eigenvalue weighted by Gasteiger charge is 2.22. The third-order valence-corrected chi connectivity index (χ3v) is 5.20. The van der Waals surface area contributed by atoms with E-state index in [1.54, 1.807) is 24.3 Å². The second-order valence-corrected chi connectivity index (χ2v) is 8.04. The molecule has 0 saturated carbocycles. The maximum Gasteiger partial charge on any atom is 0.253 e. The largest absolute Gasteiger partial charge is 0.338 e. The number of amides is 1. The Labute approximate surface area is 138 Å². The van der Waals surface area contributed by atoms with Crippen molar-refractivity contribution in [3.63, 3.8) is 0 Å². The fraction of sp³-hybridized carbons (Fsp3) is 0.471. The van der Waals surface area contributed by atoms with E-state index in [4.69, 9.17) is 0 Å². The summed E-state index contributed by atoms with van der Waals surface area (Å²) < 4.78 is 24.9. The zero-order chi connectivity index (χ0) is 17.0. The van der Waals surface area contributed by atoms with E-state index in [0.717, 1.165) is 32.2 Å². The number of likely N-dealkylation sites (tertiary alicyclic amines) is 1. The first-order chi connectivity index (χ1) is 10.8. The number of nitrogens with zero attached hydrogens (tertiary/aromatic N) is 2. The van der Waals surface area contributed by atoms with Crippen LogP contribution in [0.3, 0.4) is 0 Å². The molecule has 1 atom stereocenters. The first kappa shape index (κ1) is 17.5. The van der Waals surface area contributed by atoms with Crippen molar-refractivity contribution in [1.82, 2.24) is 4.90 Å². The van der Waals surface area contributed by atoms with Gasteiger partial charge < -0.3 is 4.90 Å². The third kappa shape index (κ3) is 4.34. The third-order valence-electron chi connectivity index (χ3n) is 4.04. The van der Waals surface area contributed by atoms with E-state index in [-0.39, 0.29) is 12.5 Å². The lowest BCUT2D eigenvalue weighted by atomic mass is 9.99. The molecular weight excluding hydrogens is 312 g/mol. The van der Waals surface area contributed by atoms with Crippen molar-refractivity contribution in [2.24, 2.45) is 5.92 Å². The van der Waals surface area contributed by atoms with Gasteiger partial charge in [0.15, 0.2) is 0 Å². The number of benzene rings is 1. The zero-order valence-electron chi connectivity index (χ0n) is 13.7. The van der Waals surface area contributed by atoms with Gasteiger partial charge in [0.05, 0.1) is 18.5 Å². The van der Waals surface area contributed by atoms with Crippen molar-refractivity contribution in [2.45, 2.75) is 19.8 Å². The Kier molecular flexibility index (Phi) is 5.46. The number of hydrogen-bond donors (Lipinski definition) is 0. The van der Waals surface area contributed by atoms with E-state index in [2.05, 4.69) is 13.5 Å². The lowest BCUT2D eigenvalue weighted by Gasteiger charge is -2.31. The Balaban J connectivity index is 2.18. The molecule has 0 aliphatic carbocycles. The van der Waals surface area contributed by atoms with Crippen LogP contribution < -0.4 is 4.31 Å². The van der Waals surface area contributed by atoms with Crippen LogP contribution in [0.25, 0.3) is 0 Å². The molecule has 0 bridgehead atoms. The summed E-state index contributed by atoms with van der Waals surface area (Å²) in [5, 5.41) is 0. The fourth-order valence-electron chi connectivity index (χ4n) is 2.88. The van der Waals surface area contributed by atoms with Crippen molar-refractivity contribution >= 4 is 21.6 Å². The summed E-state index contributed by atoms with van der Waals surface area (Å²) in [6.45, 7) is 7.52. The quantitative estimate of drug-likeness (QED) is 0.776. The molecule has 1 amide bonds. The average molecular weight is 336 g/mol. The lowest BCUT2D eigenvalue weighted by Crippen LogP contribution is -2.39. The Morgan fingerprint density at radius 2 is 2.04 bits per heavy atom. The van der Waals surface area contributed by atoms with E-state index >= 15 is 0 Å². The van der Waals surface area contributed by atoms with Gasteiger partial charge in [-0.2, -0.15) is 0 Å². The molecule has 0 unspecified atom stereocenters. The molecule has 1 heterocycles. The summed E-state index contributed by atoms with van der Waals surface area (Å²) in [5.74, 6) is 0.540. The van der Waals surface area contributed by atoms with Gasteiger partial charge in [0.1, 0.15) is 0 Å². The molecule has 0 spiro atoms. The SMILES string of the molecule is C=CCN(c1ccc(C(=O)N2CCC[C@@H](C)C2)cc1)S(C)(=O)=O. The molecule has 1 aliphatic heterocycles. The van der Waals surface area contributed by atoms with E-state index in [1.807, 2.05) is 4.90 Å². The van der Waals surface area contributed by atoms with Crippen molar-refractivity contribution < 1.29 is 13.2 Å². The first-order valence-electron chi connectivity index (χ1n) is 7.81. The standard InChI is InChI=1S/C17H24N2O3S/c1-4-11-19(23(3,21)22)16-9-7-15(8-10-16)17(20)18-12-5-6-14(2)13-18/h4,7-10,14H,1,5-6,11-13H2,2-3H3/t14-/m1/s1. The summed E-state index contributed by atoms with van der Waals surface area (Å²) >= 11 is 0. The van der Waals surface area contributed by atoms with E-state index in [0.29, 0.717) is 17.2 Å². The van der Waals surface area contributed by atoms with Gasteiger partial charge in [0.25, 0.3) is 5.91 Å². The van der Waals surface area contributed by atoms with Gasteiger partial charge >= 0.3 is 0 Å². The van der Waals surface area contributed by atoms with Gasteiger partial charge in [0.2, 0.25) is 10.0 Å². The molecule has 1 aromatic rings. The molecule has 6 heteroatoms. The molecule has 126 valence electrons.